The van der Waals surface area contributed by atoms with Crippen molar-refractivity contribution in [3.8, 4) is 0 Å². The van der Waals surface area contributed by atoms with Gasteiger partial charge < -0.3 is 9.47 Å². The summed E-state index contributed by atoms with van der Waals surface area (Å²) in [5, 5.41) is 0. The Morgan fingerprint density at radius 1 is 1.00 bits per heavy atom. The molecule has 0 amide bonds. The van der Waals surface area contributed by atoms with Gasteiger partial charge in [-0.15, -0.1) is 0 Å². The first kappa shape index (κ1) is 24.3. The van der Waals surface area contributed by atoms with Crippen LogP contribution >= 0.6 is 0 Å². The van der Waals surface area contributed by atoms with Crippen LogP contribution in [0.3, 0.4) is 0 Å². The van der Waals surface area contributed by atoms with Gasteiger partial charge >= 0.3 is 0 Å². The molecule has 1 aromatic carbocycles. The molecule has 11 atom stereocenters. The van der Waals surface area contributed by atoms with E-state index in [-0.39, 0.29) is 34.6 Å². The molecule has 4 heteroatoms. The molecule has 4 nitrogen and oxygen atoms in total. The Morgan fingerprint density at radius 3 is 2.51 bits per heavy atom. The monoisotopic (exact) mass is 502 g/mol. The molecule has 0 bridgehead atoms. The smallest absolute Gasteiger partial charge is 0.171 e. The van der Waals surface area contributed by atoms with E-state index in [1.54, 1.807) is 0 Å². The zero-order valence-corrected chi connectivity index (χ0v) is 22.9. The van der Waals surface area contributed by atoms with Gasteiger partial charge in [0, 0.05) is 36.7 Å². The van der Waals surface area contributed by atoms with Crippen LogP contribution in [0.25, 0.3) is 5.57 Å². The van der Waals surface area contributed by atoms with E-state index in [1.165, 1.54) is 0 Å². The largest absolute Gasteiger partial charge is 0.349 e. The van der Waals surface area contributed by atoms with Crippen molar-refractivity contribution in [2.75, 3.05) is 6.61 Å². The van der Waals surface area contributed by atoms with Crippen molar-refractivity contribution in [2.24, 2.45) is 52.3 Å². The molecule has 7 rings (SSSR count). The third-order valence-corrected chi connectivity index (χ3v) is 12.2. The molecule has 2 heterocycles. The lowest BCUT2D eigenvalue weighted by atomic mass is 9.44. The lowest BCUT2D eigenvalue weighted by molar-refractivity contribution is -0.272. The van der Waals surface area contributed by atoms with E-state index in [9.17, 15) is 9.59 Å². The maximum atomic E-state index is 14.3. The highest BCUT2D eigenvalue weighted by atomic mass is 16.7. The van der Waals surface area contributed by atoms with Gasteiger partial charge in [0.2, 0.25) is 0 Å². The molecule has 0 aromatic heterocycles. The molecule has 198 valence electrons. The second-order valence-corrected chi connectivity index (χ2v) is 14.1. The quantitative estimate of drug-likeness (QED) is 0.441. The van der Waals surface area contributed by atoms with Gasteiger partial charge in [-0.05, 0) is 71.7 Å². The first-order valence-electron chi connectivity index (χ1n) is 14.8. The standard InChI is InChI=1S/C33H42O4/c1-19-12-13-33(36-18-19)20(2)29-28(37-33)15-25-23-11-10-22-14-26(34)24(21-8-6-5-7-9-21)16-31(22,3)30(23)27(35)17-32(25,29)4/h5-9,16,19-20,22-23,25,28-30H,10-15,17-18H2,1-4H3/t19-,20+,22+,23+,25+,28+,29+,30-,31+,32+,33-/m1/s1. The van der Waals surface area contributed by atoms with Crippen molar-refractivity contribution in [2.45, 2.75) is 84.5 Å². The van der Waals surface area contributed by atoms with Crippen molar-refractivity contribution in [1.29, 1.82) is 0 Å². The number of ether oxygens (including phenoxy) is 2. The van der Waals surface area contributed by atoms with Crippen molar-refractivity contribution in [3.05, 3.63) is 42.0 Å². The van der Waals surface area contributed by atoms with E-state index in [0.29, 0.717) is 48.2 Å². The lowest BCUT2D eigenvalue weighted by Crippen LogP contribution is -2.57. The van der Waals surface area contributed by atoms with Crippen LogP contribution in [-0.4, -0.2) is 30.1 Å². The number of rotatable bonds is 1. The molecule has 0 N–H and O–H groups in total. The fourth-order valence-corrected chi connectivity index (χ4v) is 10.4. The average molecular weight is 503 g/mol. The van der Waals surface area contributed by atoms with Gasteiger partial charge in [-0.3, -0.25) is 9.59 Å². The Balaban J connectivity index is 1.23. The maximum absolute atomic E-state index is 14.3. The van der Waals surface area contributed by atoms with Crippen molar-refractivity contribution >= 4 is 17.1 Å². The molecule has 6 aliphatic rings. The van der Waals surface area contributed by atoms with Gasteiger partial charge in [0.15, 0.2) is 11.6 Å². The Bertz CT molecular complexity index is 1150. The summed E-state index contributed by atoms with van der Waals surface area (Å²) in [6, 6.07) is 10.1. The molecule has 2 saturated heterocycles. The number of carbonyl (C=O) groups is 2. The maximum Gasteiger partial charge on any atom is 0.171 e. The van der Waals surface area contributed by atoms with Crippen LogP contribution in [0, 0.1) is 52.3 Å². The number of fused-ring (bicyclic) bond motifs is 7. The lowest BCUT2D eigenvalue weighted by Gasteiger charge is -2.58. The third-order valence-electron chi connectivity index (χ3n) is 12.2. The van der Waals surface area contributed by atoms with Crippen molar-refractivity contribution < 1.29 is 19.1 Å². The molecule has 1 spiro atoms. The van der Waals surface area contributed by atoms with Gasteiger partial charge in [-0.2, -0.15) is 0 Å². The third kappa shape index (κ3) is 3.27. The summed E-state index contributed by atoms with van der Waals surface area (Å²) in [5.41, 5.74) is 1.53. The van der Waals surface area contributed by atoms with Crippen LogP contribution < -0.4 is 0 Å². The normalized spacial score (nSPS) is 50.8. The number of hydrogen-bond donors (Lipinski definition) is 0. The minimum atomic E-state index is -0.448. The molecular formula is C33H42O4. The number of ketones is 2. The Hall–Kier alpha value is -1.78. The molecule has 0 radical (unpaired) electrons. The number of allylic oxidation sites excluding steroid dienone is 2. The molecule has 0 unspecified atom stereocenters. The summed E-state index contributed by atoms with van der Waals surface area (Å²) in [7, 11) is 0. The highest BCUT2D eigenvalue weighted by molar-refractivity contribution is 6.21. The molecule has 3 saturated carbocycles. The van der Waals surface area contributed by atoms with Crippen LogP contribution in [0.5, 0.6) is 0 Å². The van der Waals surface area contributed by atoms with Crippen LogP contribution in [0.15, 0.2) is 36.4 Å². The Morgan fingerprint density at radius 2 is 1.78 bits per heavy atom. The van der Waals surface area contributed by atoms with E-state index in [0.717, 1.165) is 49.8 Å². The summed E-state index contributed by atoms with van der Waals surface area (Å²) >= 11 is 0. The van der Waals surface area contributed by atoms with Crippen molar-refractivity contribution in [3.63, 3.8) is 0 Å². The molecule has 1 aromatic rings. The first-order chi connectivity index (χ1) is 17.7. The second-order valence-electron chi connectivity index (χ2n) is 14.1. The number of Topliss-reactive ketones (excluding diaryl/α,β-unsaturated/α-hetero) is 2. The summed E-state index contributed by atoms with van der Waals surface area (Å²) in [5.74, 6) is 2.65. The number of benzene rings is 1. The Kier molecular flexibility index (Phi) is 5.32. The minimum Gasteiger partial charge on any atom is -0.349 e. The van der Waals surface area contributed by atoms with E-state index < -0.39 is 5.79 Å². The second kappa shape index (κ2) is 8.11. The average Bonchev–Trinajstić information content (AvgIpc) is 3.31. The molecule has 2 aliphatic heterocycles. The van der Waals surface area contributed by atoms with E-state index in [2.05, 4.69) is 33.8 Å². The molecule has 37 heavy (non-hydrogen) atoms. The first-order valence-corrected chi connectivity index (χ1v) is 14.8. The van der Waals surface area contributed by atoms with Gasteiger partial charge in [0.25, 0.3) is 0 Å². The molecule has 5 fully saturated rings. The predicted octanol–water partition coefficient (Wildman–Crippen LogP) is 6.48. The van der Waals surface area contributed by atoms with Gasteiger partial charge in [0.1, 0.15) is 5.78 Å². The minimum absolute atomic E-state index is 0.00557. The van der Waals surface area contributed by atoms with Gasteiger partial charge in [-0.25, -0.2) is 0 Å². The number of hydrogen-bond acceptors (Lipinski definition) is 4. The zero-order chi connectivity index (χ0) is 25.7. The fourth-order valence-electron chi connectivity index (χ4n) is 10.4. The number of carbonyl (C=O) groups excluding carboxylic acids is 2. The SMILES string of the molecule is C[C@@H]1CC[C@@]2(OC1)O[C@H]1C[C@H]3[C@@H]4CC[C@H]5CC(=O)C(c6ccccc6)=C[C@]5(C)[C@H]4C(=O)C[C@]3(C)[C@H]1[C@@H]2C. The highest BCUT2D eigenvalue weighted by Crippen LogP contribution is 2.70. The topological polar surface area (TPSA) is 52.6 Å². The highest BCUT2D eigenvalue weighted by Gasteiger charge is 2.70. The summed E-state index contributed by atoms with van der Waals surface area (Å²) < 4.78 is 13.3. The van der Waals surface area contributed by atoms with Crippen molar-refractivity contribution in [1.82, 2.24) is 0 Å². The van der Waals surface area contributed by atoms with E-state index in [4.69, 9.17) is 9.47 Å². The predicted molar refractivity (Wildman–Crippen MR) is 142 cm³/mol. The zero-order valence-electron chi connectivity index (χ0n) is 22.9. The van der Waals surface area contributed by atoms with Gasteiger partial charge in [0.05, 0.1) is 12.7 Å². The van der Waals surface area contributed by atoms with E-state index in [1.807, 2.05) is 30.3 Å². The summed E-state index contributed by atoms with van der Waals surface area (Å²) in [4.78, 5) is 27.5. The van der Waals surface area contributed by atoms with Crippen LogP contribution in [0.1, 0.15) is 78.2 Å². The van der Waals surface area contributed by atoms with Gasteiger partial charge in [-0.1, -0.05) is 64.1 Å². The van der Waals surface area contributed by atoms with Crippen LogP contribution in [-0.2, 0) is 19.1 Å². The van der Waals surface area contributed by atoms with E-state index >= 15 is 0 Å². The van der Waals surface area contributed by atoms with Crippen LogP contribution in [0.2, 0.25) is 0 Å². The van der Waals surface area contributed by atoms with Crippen LogP contribution in [0.4, 0.5) is 0 Å². The summed E-state index contributed by atoms with van der Waals surface area (Å²) in [6.45, 7) is 10.1. The fraction of sp³-hybridized carbons (Fsp3) is 0.697. The Labute approximate surface area is 221 Å². The molecular weight excluding hydrogens is 460 g/mol. The molecule has 4 aliphatic carbocycles. The summed E-state index contributed by atoms with van der Waals surface area (Å²) in [6.07, 6.45) is 8.92.